The van der Waals surface area contributed by atoms with Gasteiger partial charge in [-0.3, -0.25) is 0 Å². The van der Waals surface area contributed by atoms with Crippen LogP contribution in [0.4, 0.5) is 4.39 Å². The molecule has 0 saturated heterocycles. The van der Waals surface area contributed by atoms with E-state index in [9.17, 15) is 4.39 Å². The smallest absolute Gasteiger partial charge is 0.123 e. The Balaban J connectivity index is 1.69. The Morgan fingerprint density at radius 2 is 1.89 bits per heavy atom. The van der Waals surface area contributed by atoms with Gasteiger partial charge in [-0.1, -0.05) is 31.1 Å². The molecule has 1 saturated carbocycles. The van der Waals surface area contributed by atoms with Gasteiger partial charge in [-0.25, -0.2) is 4.39 Å². The summed E-state index contributed by atoms with van der Waals surface area (Å²) in [5, 5.41) is 0. The van der Waals surface area contributed by atoms with Crippen LogP contribution in [0.3, 0.4) is 0 Å². The molecule has 0 spiro atoms. The third-order valence-electron chi connectivity index (χ3n) is 5.10. The zero-order valence-corrected chi connectivity index (χ0v) is 11.8. The highest BCUT2D eigenvalue weighted by Gasteiger charge is 2.24. The van der Waals surface area contributed by atoms with Crippen molar-refractivity contribution in [2.75, 3.05) is 0 Å². The fourth-order valence-corrected chi connectivity index (χ4v) is 3.74. The van der Waals surface area contributed by atoms with Crippen molar-refractivity contribution in [1.82, 2.24) is 0 Å². The predicted octanol–water partition coefficient (Wildman–Crippen LogP) is 5.07. The lowest BCUT2D eigenvalue weighted by Gasteiger charge is -2.31. The second-order valence-electron chi connectivity index (χ2n) is 6.20. The summed E-state index contributed by atoms with van der Waals surface area (Å²) in [5.74, 6) is 1.62. The SMILES string of the molecule is CCC1CCC(C2=CCc3ccc(F)cc3C2)CC1. The van der Waals surface area contributed by atoms with Gasteiger partial charge >= 0.3 is 0 Å². The maximum Gasteiger partial charge on any atom is 0.123 e. The summed E-state index contributed by atoms with van der Waals surface area (Å²) in [6.07, 6.45) is 11.2. The summed E-state index contributed by atoms with van der Waals surface area (Å²) < 4.78 is 13.3. The van der Waals surface area contributed by atoms with Crippen LogP contribution in [0.2, 0.25) is 0 Å². The average molecular weight is 258 g/mol. The zero-order chi connectivity index (χ0) is 13.2. The summed E-state index contributed by atoms with van der Waals surface area (Å²) in [6.45, 7) is 2.31. The maximum atomic E-state index is 13.3. The van der Waals surface area contributed by atoms with Gasteiger partial charge in [0.15, 0.2) is 0 Å². The molecule has 1 fully saturated rings. The van der Waals surface area contributed by atoms with Crippen molar-refractivity contribution in [2.24, 2.45) is 11.8 Å². The van der Waals surface area contributed by atoms with Crippen LogP contribution < -0.4 is 0 Å². The van der Waals surface area contributed by atoms with Gasteiger partial charge in [0, 0.05) is 0 Å². The first kappa shape index (κ1) is 12.9. The van der Waals surface area contributed by atoms with E-state index in [1.165, 1.54) is 43.2 Å². The Kier molecular flexibility index (Phi) is 3.72. The summed E-state index contributed by atoms with van der Waals surface area (Å²) in [5.41, 5.74) is 4.11. The lowest BCUT2D eigenvalue weighted by molar-refractivity contribution is 0.292. The molecule has 2 aliphatic rings. The molecular formula is C18H23F. The van der Waals surface area contributed by atoms with Crippen LogP contribution in [0.1, 0.15) is 50.2 Å². The van der Waals surface area contributed by atoms with Crippen LogP contribution in [0, 0.1) is 17.7 Å². The van der Waals surface area contributed by atoms with Crippen LogP contribution in [-0.4, -0.2) is 0 Å². The second kappa shape index (κ2) is 5.48. The van der Waals surface area contributed by atoms with E-state index in [-0.39, 0.29) is 5.82 Å². The van der Waals surface area contributed by atoms with E-state index in [2.05, 4.69) is 13.0 Å². The first-order valence-electron chi connectivity index (χ1n) is 7.72. The first-order chi connectivity index (χ1) is 9.26. The average Bonchev–Trinajstić information content (AvgIpc) is 2.46. The number of allylic oxidation sites excluding steroid dienone is 2. The lowest BCUT2D eigenvalue weighted by Crippen LogP contribution is -2.18. The molecule has 1 aromatic carbocycles. The van der Waals surface area contributed by atoms with Crippen molar-refractivity contribution >= 4 is 0 Å². The zero-order valence-electron chi connectivity index (χ0n) is 11.8. The van der Waals surface area contributed by atoms with Crippen molar-refractivity contribution in [2.45, 2.75) is 51.9 Å². The third kappa shape index (κ3) is 2.75. The fourth-order valence-electron chi connectivity index (χ4n) is 3.74. The van der Waals surface area contributed by atoms with Gasteiger partial charge < -0.3 is 0 Å². The molecule has 0 amide bonds. The summed E-state index contributed by atoms with van der Waals surface area (Å²) in [7, 11) is 0. The topological polar surface area (TPSA) is 0 Å². The van der Waals surface area contributed by atoms with E-state index in [1.54, 1.807) is 17.7 Å². The number of hydrogen-bond acceptors (Lipinski definition) is 0. The quantitative estimate of drug-likeness (QED) is 0.650. The molecule has 0 radical (unpaired) electrons. The van der Waals surface area contributed by atoms with E-state index in [1.807, 2.05) is 6.07 Å². The van der Waals surface area contributed by atoms with Gasteiger partial charge in [0.25, 0.3) is 0 Å². The Morgan fingerprint density at radius 3 is 2.63 bits per heavy atom. The maximum absolute atomic E-state index is 13.3. The number of rotatable bonds is 2. The molecule has 0 bridgehead atoms. The third-order valence-corrected chi connectivity index (χ3v) is 5.10. The molecule has 1 aromatic rings. The highest BCUT2D eigenvalue weighted by molar-refractivity contribution is 5.38. The van der Waals surface area contributed by atoms with Crippen LogP contribution >= 0.6 is 0 Å². The first-order valence-corrected chi connectivity index (χ1v) is 7.72. The highest BCUT2D eigenvalue weighted by Crippen LogP contribution is 2.37. The molecule has 0 heterocycles. The van der Waals surface area contributed by atoms with Crippen LogP contribution in [0.25, 0.3) is 0 Å². The Labute approximate surface area is 115 Å². The summed E-state index contributed by atoms with van der Waals surface area (Å²) in [6, 6.07) is 5.27. The molecule has 0 unspecified atom stereocenters. The molecular weight excluding hydrogens is 235 g/mol. The predicted molar refractivity (Wildman–Crippen MR) is 77.6 cm³/mol. The highest BCUT2D eigenvalue weighted by atomic mass is 19.1. The van der Waals surface area contributed by atoms with Gasteiger partial charge in [-0.05, 0) is 73.6 Å². The van der Waals surface area contributed by atoms with Crippen molar-refractivity contribution in [3.8, 4) is 0 Å². The van der Waals surface area contributed by atoms with Gasteiger partial charge in [0.1, 0.15) is 5.82 Å². The standard InChI is InChI=1S/C18H23F/c1-2-13-3-5-14(6-4-13)16-8-7-15-9-10-18(19)12-17(15)11-16/h8-10,12-14H,2-7,11H2,1H3. The number of halogens is 1. The van der Waals surface area contributed by atoms with E-state index in [4.69, 9.17) is 0 Å². The van der Waals surface area contributed by atoms with E-state index >= 15 is 0 Å². The van der Waals surface area contributed by atoms with Crippen LogP contribution in [-0.2, 0) is 12.8 Å². The van der Waals surface area contributed by atoms with Gasteiger partial charge in [-0.2, -0.15) is 0 Å². The molecule has 3 rings (SSSR count). The van der Waals surface area contributed by atoms with Gasteiger partial charge in [-0.15, -0.1) is 0 Å². The molecule has 0 aliphatic heterocycles. The molecule has 0 N–H and O–H groups in total. The fraction of sp³-hybridized carbons (Fsp3) is 0.556. The molecule has 2 aliphatic carbocycles. The minimum absolute atomic E-state index is 0.0882. The lowest BCUT2D eigenvalue weighted by atomic mass is 9.74. The largest absolute Gasteiger partial charge is 0.207 e. The molecule has 102 valence electrons. The Morgan fingerprint density at radius 1 is 1.11 bits per heavy atom. The monoisotopic (exact) mass is 258 g/mol. The van der Waals surface area contributed by atoms with Crippen molar-refractivity contribution in [3.63, 3.8) is 0 Å². The Bertz CT molecular complexity index is 478. The van der Waals surface area contributed by atoms with Crippen molar-refractivity contribution in [3.05, 3.63) is 46.8 Å². The van der Waals surface area contributed by atoms with Gasteiger partial charge in [0.05, 0.1) is 0 Å². The molecule has 0 atom stereocenters. The molecule has 0 aromatic heterocycles. The molecule has 1 heteroatoms. The number of benzene rings is 1. The number of hydrogen-bond donors (Lipinski definition) is 0. The number of fused-ring (bicyclic) bond motifs is 1. The van der Waals surface area contributed by atoms with Crippen molar-refractivity contribution in [1.29, 1.82) is 0 Å². The van der Waals surface area contributed by atoms with Crippen LogP contribution in [0.5, 0.6) is 0 Å². The Hall–Kier alpha value is -1.11. The van der Waals surface area contributed by atoms with Crippen molar-refractivity contribution < 1.29 is 4.39 Å². The van der Waals surface area contributed by atoms with E-state index < -0.39 is 0 Å². The second-order valence-corrected chi connectivity index (χ2v) is 6.20. The van der Waals surface area contributed by atoms with E-state index in [0.717, 1.165) is 24.7 Å². The van der Waals surface area contributed by atoms with Crippen LogP contribution in [0.15, 0.2) is 29.8 Å². The summed E-state index contributed by atoms with van der Waals surface area (Å²) in [4.78, 5) is 0. The van der Waals surface area contributed by atoms with E-state index in [0.29, 0.717) is 0 Å². The minimum Gasteiger partial charge on any atom is -0.207 e. The molecule has 19 heavy (non-hydrogen) atoms. The minimum atomic E-state index is -0.0882. The molecule has 0 nitrogen and oxygen atoms in total. The summed E-state index contributed by atoms with van der Waals surface area (Å²) >= 11 is 0. The normalized spacial score (nSPS) is 26.7. The van der Waals surface area contributed by atoms with Gasteiger partial charge in [0.2, 0.25) is 0 Å².